The predicted molar refractivity (Wildman–Crippen MR) is 103 cm³/mol. The van der Waals surface area contributed by atoms with Crippen LogP contribution in [0.4, 0.5) is 8.78 Å². The number of aryl methyl sites for hydroxylation is 1. The van der Waals surface area contributed by atoms with Gasteiger partial charge in [0.2, 0.25) is 5.91 Å². The molecule has 0 radical (unpaired) electrons. The zero-order valence-electron chi connectivity index (χ0n) is 16.2. The highest BCUT2D eigenvalue weighted by Gasteiger charge is 2.25. The van der Waals surface area contributed by atoms with Gasteiger partial charge >= 0.3 is 6.61 Å². The Bertz CT molecular complexity index is 825. The molecule has 1 aliphatic carbocycles. The SMILES string of the molecule is CCOc1cc(CN(C)C(=O)CC2CCc3ccccc32)ccc1OC(F)F. The number of fused-ring (bicyclic) bond motifs is 1. The molecule has 150 valence electrons. The summed E-state index contributed by atoms with van der Waals surface area (Å²) >= 11 is 0. The molecule has 1 unspecified atom stereocenters. The average molecular weight is 389 g/mol. The maximum absolute atomic E-state index is 12.7. The maximum atomic E-state index is 12.7. The monoisotopic (exact) mass is 389 g/mol. The second kappa shape index (κ2) is 9.04. The van der Waals surface area contributed by atoms with Crippen molar-refractivity contribution in [3.8, 4) is 11.5 Å². The van der Waals surface area contributed by atoms with Gasteiger partial charge in [0, 0.05) is 20.0 Å². The van der Waals surface area contributed by atoms with Gasteiger partial charge in [0.05, 0.1) is 6.61 Å². The Morgan fingerprint density at radius 1 is 1.21 bits per heavy atom. The number of nitrogens with zero attached hydrogens (tertiary/aromatic N) is 1. The number of rotatable bonds is 8. The van der Waals surface area contributed by atoms with Crippen LogP contribution in [0.2, 0.25) is 0 Å². The standard InChI is InChI=1S/C22H25F2NO3/c1-3-27-20-12-15(8-11-19(20)28-22(23)24)14-25(2)21(26)13-17-10-9-16-6-4-5-7-18(16)17/h4-8,11-12,17,22H,3,9-10,13-14H2,1-2H3. The number of hydrogen-bond donors (Lipinski definition) is 0. The van der Waals surface area contributed by atoms with Crippen LogP contribution in [-0.4, -0.2) is 31.1 Å². The molecule has 6 heteroatoms. The zero-order valence-corrected chi connectivity index (χ0v) is 16.2. The molecule has 0 aliphatic heterocycles. The van der Waals surface area contributed by atoms with Crippen LogP contribution in [0.15, 0.2) is 42.5 Å². The van der Waals surface area contributed by atoms with Crippen LogP contribution in [0.25, 0.3) is 0 Å². The fourth-order valence-electron chi connectivity index (χ4n) is 3.70. The van der Waals surface area contributed by atoms with Gasteiger partial charge in [-0.15, -0.1) is 0 Å². The van der Waals surface area contributed by atoms with Crippen molar-refractivity contribution in [2.24, 2.45) is 0 Å². The fourth-order valence-corrected chi connectivity index (χ4v) is 3.70. The van der Waals surface area contributed by atoms with Crippen LogP contribution in [0.1, 0.15) is 42.4 Å². The molecule has 0 saturated carbocycles. The summed E-state index contributed by atoms with van der Waals surface area (Å²) in [6, 6.07) is 13.1. The molecule has 1 amide bonds. The molecule has 0 bridgehead atoms. The summed E-state index contributed by atoms with van der Waals surface area (Å²) < 4.78 is 34.9. The van der Waals surface area contributed by atoms with Gasteiger partial charge in [-0.25, -0.2) is 0 Å². The molecule has 2 aromatic rings. The van der Waals surface area contributed by atoms with E-state index in [0.29, 0.717) is 19.6 Å². The molecule has 3 rings (SSSR count). The maximum Gasteiger partial charge on any atom is 0.387 e. The van der Waals surface area contributed by atoms with E-state index in [1.165, 1.54) is 17.2 Å². The van der Waals surface area contributed by atoms with Gasteiger partial charge in [-0.1, -0.05) is 30.3 Å². The van der Waals surface area contributed by atoms with Crippen LogP contribution in [-0.2, 0) is 17.8 Å². The number of alkyl halides is 2. The van der Waals surface area contributed by atoms with Crippen molar-refractivity contribution in [1.29, 1.82) is 0 Å². The Labute approximate surface area is 164 Å². The number of hydrogen-bond acceptors (Lipinski definition) is 3. The molecule has 0 fully saturated rings. The molecular weight excluding hydrogens is 364 g/mol. The lowest BCUT2D eigenvalue weighted by molar-refractivity contribution is -0.130. The predicted octanol–water partition coefficient (Wildman–Crippen LogP) is 4.77. The number of benzene rings is 2. The van der Waals surface area contributed by atoms with Gasteiger partial charge in [-0.05, 0) is 54.5 Å². The molecule has 1 atom stereocenters. The van der Waals surface area contributed by atoms with Crippen molar-refractivity contribution >= 4 is 5.91 Å². The Balaban J connectivity index is 1.64. The van der Waals surface area contributed by atoms with Crippen LogP contribution >= 0.6 is 0 Å². The Morgan fingerprint density at radius 3 is 2.75 bits per heavy atom. The summed E-state index contributed by atoms with van der Waals surface area (Å²) in [4.78, 5) is 14.4. The smallest absolute Gasteiger partial charge is 0.387 e. The largest absolute Gasteiger partial charge is 0.490 e. The quantitative estimate of drug-likeness (QED) is 0.653. The highest BCUT2D eigenvalue weighted by atomic mass is 19.3. The number of ether oxygens (including phenoxy) is 2. The third kappa shape index (κ3) is 4.80. The lowest BCUT2D eigenvalue weighted by Gasteiger charge is -2.21. The summed E-state index contributed by atoms with van der Waals surface area (Å²) in [7, 11) is 1.76. The van der Waals surface area contributed by atoms with E-state index in [2.05, 4.69) is 16.9 Å². The molecule has 0 saturated heterocycles. The summed E-state index contributed by atoms with van der Waals surface area (Å²) in [5.74, 6) is 0.572. The van der Waals surface area contributed by atoms with E-state index in [-0.39, 0.29) is 23.3 Å². The first-order valence-electron chi connectivity index (χ1n) is 9.50. The lowest BCUT2D eigenvalue weighted by Crippen LogP contribution is -2.27. The van der Waals surface area contributed by atoms with Crippen molar-refractivity contribution in [2.45, 2.75) is 45.3 Å². The average Bonchev–Trinajstić information content (AvgIpc) is 3.06. The molecule has 4 nitrogen and oxygen atoms in total. The number of carbonyl (C=O) groups is 1. The molecular formula is C22H25F2NO3. The van der Waals surface area contributed by atoms with Crippen molar-refractivity contribution in [3.63, 3.8) is 0 Å². The van der Waals surface area contributed by atoms with Gasteiger partial charge < -0.3 is 14.4 Å². The first-order chi connectivity index (χ1) is 13.5. The number of halogens is 2. The first kappa shape index (κ1) is 20.1. The summed E-state index contributed by atoms with van der Waals surface area (Å²) in [5, 5.41) is 0. The lowest BCUT2D eigenvalue weighted by atomic mass is 9.97. The fraction of sp³-hybridized carbons (Fsp3) is 0.409. The van der Waals surface area contributed by atoms with Crippen molar-refractivity contribution in [2.75, 3.05) is 13.7 Å². The Kier molecular flexibility index (Phi) is 6.49. The van der Waals surface area contributed by atoms with E-state index in [4.69, 9.17) is 4.74 Å². The van der Waals surface area contributed by atoms with E-state index in [0.717, 1.165) is 18.4 Å². The Hall–Kier alpha value is -2.63. The zero-order chi connectivity index (χ0) is 20.1. The van der Waals surface area contributed by atoms with Gasteiger partial charge in [0.1, 0.15) is 0 Å². The minimum Gasteiger partial charge on any atom is -0.490 e. The van der Waals surface area contributed by atoms with E-state index in [9.17, 15) is 13.6 Å². The van der Waals surface area contributed by atoms with Crippen molar-refractivity contribution in [1.82, 2.24) is 4.90 Å². The van der Waals surface area contributed by atoms with Crippen molar-refractivity contribution in [3.05, 3.63) is 59.2 Å². The molecule has 28 heavy (non-hydrogen) atoms. The van der Waals surface area contributed by atoms with Crippen LogP contribution < -0.4 is 9.47 Å². The van der Waals surface area contributed by atoms with Crippen LogP contribution in [0.3, 0.4) is 0 Å². The highest BCUT2D eigenvalue weighted by Crippen LogP contribution is 2.36. The topological polar surface area (TPSA) is 38.8 Å². The summed E-state index contributed by atoms with van der Waals surface area (Å²) in [5.41, 5.74) is 3.41. The van der Waals surface area contributed by atoms with E-state index in [1.807, 2.05) is 12.1 Å². The van der Waals surface area contributed by atoms with E-state index in [1.54, 1.807) is 31.0 Å². The first-order valence-corrected chi connectivity index (χ1v) is 9.50. The summed E-state index contributed by atoms with van der Waals surface area (Å²) in [6.07, 6.45) is 2.48. The Morgan fingerprint density at radius 2 is 2.00 bits per heavy atom. The van der Waals surface area contributed by atoms with Gasteiger partial charge in [-0.3, -0.25) is 4.79 Å². The van der Waals surface area contributed by atoms with Crippen molar-refractivity contribution < 1.29 is 23.0 Å². The van der Waals surface area contributed by atoms with Gasteiger partial charge in [-0.2, -0.15) is 8.78 Å². The van der Waals surface area contributed by atoms with E-state index >= 15 is 0 Å². The van der Waals surface area contributed by atoms with Crippen LogP contribution in [0, 0.1) is 0 Å². The number of carbonyl (C=O) groups excluding carboxylic acids is 1. The number of amides is 1. The minimum atomic E-state index is -2.91. The normalized spacial score (nSPS) is 15.4. The molecule has 1 aliphatic rings. The second-order valence-corrected chi connectivity index (χ2v) is 6.98. The molecule has 0 N–H and O–H groups in total. The molecule has 2 aromatic carbocycles. The third-order valence-corrected chi connectivity index (χ3v) is 5.05. The highest BCUT2D eigenvalue weighted by molar-refractivity contribution is 5.77. The molecule has 0 heterocycles. The summed E-state index contributed by atoms with van der Waals surface area (Å²) in [6.45, 7) is -0.432. The molecule has 0 spiro atoms. The molecule has 0 aromatic heterocycles. The van der Waals surface area contributed by atoms with Gasteiger partial charge in [0.15, 0.2) is 11.5 Å². The minimum absolute atomic E-state index is 0.00265. The van der Waals surface area contributed by atoms with Gasteiger partial charge in [0.25, 0.3) is 0 Å². The second-order valence-electron chi connectivity index (χ2n) is 6.98. The third-order valence-electron chi connectivity index (χ3n) is 5.05. The van der Waals surface area contributed by atoms with E-state index < -0.39 is 6.61 Å². The van der Waals surface area contributed by atoms with Crippen LogP contribution in [0.5, 0.6) is 11.5 Å².